The van der Waals surface area contributed by atoms with Crippen molar-refractivity contribution in [3.63, 3.8) is 0 Å². The minimum atomic E-state index is 0.000152. The fourth-order valence-electron chi connectivity index (χ4n) is 3.38. The monoisotopic (exact) mass is 411 g/mol. The summed E-state index contributed by atoms with van der Waals surface area (Å²) in [4.78, 5) is 14.4. The molecule has 0 radical (unpaired) electrons. The number of benzene rings is 2. The lowest BCUT2D eigenvalue weighted by atomic mass is 9.99. The first-order chi connectivity index (χ1) is 14.0. The van der Waals surface area contributed by atoms with Gasteiger partial charge in [-0.3, -0.25) is 4.79 Å². The second-order valence-electron chi connectivity index (χ2n) is 6.77. The Balaban J connectivity index is 2.11. The van der Waals surface area contributed by atoms with Gasteiger partial charge in [0.25, 0.3) is 0 Å². The van der Waals surface area contributed by atoms with Crippen LogP contribution < -0.4 is 4.74 Å². The van der Waals surface area contributed by atoms with Crippen LogP contribution in [-0.2, 0) is 4.79 Å². The second kappa shape index (κ2) is 9.19. The van der Waals surface area contributed by atoms with Crippen LogP contribution in [0.5, 0.6) is 5.75 Å². The number of hydrogen-bond acceptors (Lipinski definition) is 3. The molecule has 3 rings (SSSR count). The number of rotatable bonds is 7. The highest BCUT2D eigenvalue weighted by Crippen LogP contribution is 2.37. The largest absolute Gasteiger partial charge is 0.493 e. The molecule has 0 aliphatic rings. The summed E-state index contributed by atoms with van der Waals surface area (Å²) in [6.07, 6.45) is 3.42. The second-order valence-corrected chi connectivity index (χ2v) is 7.21. The van der Waals surface area contributed by atoms with Crippen LogP contribution in [0.4, 0.5) is 0 Å². The molecule has 1 aromatic heterocycles. The van der Waals surface area contributed by atoms with Gasteiger partial charge in [-0.25, -0.2) is 0 Å². The maximum Gasteiger partial charge on any atom is 0.246 e. The van der Waals surface area contributed by atoms with E-state index in [2.05, 4.69) is 0 Å². The number of furan rings is 1. The molecule has 0 spiro atoms. The number of hydrogen-bond donors (Lipinski definition) is 0. The highest BCUT2D eigenvalue weighted by molar-refractivity contribution is 6.30. The van der Waals surface area contributed by atoms with Crippen LogP contribution in [0, 0.1) is 0 Å². The summed E-state index contributed by atoms with van der Waals surface area (Å²) in [6, 6.07) is 11.6. The molecule has 0 aliphatic carbocycles. The number of likely N-dealkylation sites (N-methyl/N-ethyl adjacent to an activating group) is 1. The molecule has 3 aromatic rings. The molecule has 152 valence electrons. The highest BCUT2D eigenvalue weighted by Gasteiger charge is 2.16. The van der Waals surface area contributed by atoms with Crippen LogP contribution in [0.15, 0.2) is 53.2 Å². The molecule has 0 fully saturated rings. The van der Waals surface area contributed by atoms with Gasteiger partial charge < -0.3 is 14.1 Å². The van der Waals surface area contributed by atoms with Gasteiger partial charge in [0.15, 0.2) is 0 Å². The van der Waals surface area contributed by atoms with Gasteiger partial charge in [-0.05, 0) is 57.0 Å². The van der Waals surface area contributed by atoms with E-state index < -0.39 is 0 Å². The van der Waals surface area contributed by atoms with Crippen LogP contribution in [0.3, 0.4) is 0 Å². The van der Waals surface area contributed by atoms with E-state index >= 15 is 0 Å². The van der Waals surface area contributed by atoms with Gasteiger partial charge in [0, 0.05) is 46.8 Å². The molecule has 0 bridgehead atoms. The van der Waals surface area contributed by atoms with Crippen molar-refractivity contribution in [2.24, 2.45) is 0 Å². The minimum absolute atomic E-state index is 0.000152. The molecule has 0 aliphatic heterocycles. The molecular weight excluding hydrogens is 386 g/mol. The maximum absolute atomic E-state index is 12.6. The van der Waals surface area contributed by atoms with Gasteiger partial charge in [0.05, 0.1) is 12.9 Å². The number of halogens is 1. The summed E-state index contributed by atoms with van der Waals surface area (Å²) in [7, 11) is 0. The van der Waals surface area contributed by atoms with Crippen molar-refractivity contribution in [2.45, 2.75) is 27.7 Å². The fourth-order valence-corrected chi connectivity index (χ4v) is 3.51. The van der Waals surface area contributed by atoms with Gasteiger partial charge in [-0.1, -0.05) is 23.7 Å². The number of fused-ring (bicyclic) bond motifs is 1. The van der Waals surface area contributed by atoms with E-state index in [0.717, 1.165) is 33.2 Å². The SMILES string of the molecule is CCOc1cc2occ(-c3ccc(Cl)cc3)c2cc1/C(C)=C/C(=O)N(CC)CC. The Bertz CT molecular complexity index is 1030. The van der Waals surface area contributed by atoms with E-state index in [1.807, 2.05) is 64.1 Å². The van der Waals surface area contributed by atoms with Crippen molar-refractivity contribution in [2.75, 3.05) is 19.7 Å². The van der Waals surface area contributed by atoms with Crippen molar-refractivity contribution in [3.05, 3.63) is 59.3 Å². The Labute approximate surface area is 176 Å². The number of carbonyl (C=O) groups is 1. The van der Waals surface area contributed by atoms with Crippen LogP contribution >= 0.6 is 11.6 Å². The zero-order chi connectivity index (χ0) is 21.0. The van der Waals surface area contributed by atoms with E-state index in [1.165, 1.54) is 0 Å². The molecule has 1 amide bonds. The minimum Gasteiger partial charge on any atom is -0.493 e. The number of amides is 1. The van der Waals surface area contributed by atoms with E-state index in [0.29, 0.717) is 30.5 Å². The smallest absolute Gasteiger partial charge is 0.246 e. The Morgan fingerprint density at radius 1 is 1.14 bits per heavy atom. The third kappa shape index (κ3) is 4.48. The van der Waals surface area contributed by atoms with E-state index in [4.69, 9.17) is 20.8 Å². The molecule has 5 heteroatoms. The Morgan fingerprint density at radius 2 is 1.83 bits per heavy atom. The normalized spacial score (nSPS) is 11.7. The summed E-state index contributed by atoms with van der Waals surface area (Å²) in [6.45, 7) is 9.72. The first kappa shape index (κ1) is 21.0. The average molecular weight is 412 g/mol. The fraction of sp³-hybridized carbons (Fsp3) is 0.292. The molecule has 29 heavy (non-hydrogen) atoms. The summed E-state index contributed by atoms with van der Waals surface area (Å²) >= 11 is 6.03. The van der Waals surface area contributed by atoms with Crippen LogP contribution in [0.2, 0.25) is 5.02 Å². The molecule has 0 saturated heterocycles. The number of carbonyl (C=O) groups excluding carboxylic acids is 1. The van der Waals surface area contributed by atoms with Gasteiger partial charge in [-0.2, -0.15) is 0 Å². The molecule has 0 unspecified atom stereocenters. The summed E-state index contributed by atoms with van der Waals surface area (Å²) in [5, 5.41) is 1.66. The predicted molar refractivity (Wildman–Crippen MR) is 119 cm³/mol. The Morgan fingerprint density at radius 3 is 2.45 bits per heavy atom. The van der Waals surface area contributed by atoms with Crippen molar-refractivity contribution >= 4 is 34.1 Å². The molecule has 2 aromatic carbocycles. The van der Waals surface area contributed by atoms with E-state index in [1.54, 1.807) is 17.2 Å². The summed E-state index contributed by atoms with van der Waals surface area (Å²) < 4.78 is 11.7. The van der Waals surface area contributed by atoms with Crippen molar-refractivity contribution in [1.29, 1.82) is 0 Å². The van der Waals surface area contributed by atoms with E-state index in [-0.39, 0.29) is 5.91 Å². The average Bonchev–Trinajstić information content (AvgIpc) is 3.12. The lowest BCUT2D eigenvalue weighted by Crippen LogP contribution is -2.28. The highest BCUT2D eigenvalue weighted by atomic mass is 35.5. The summed E-state index contributed by atoms with van der Waals surface area (Å²) in [5.41, 5.74) is 4.48. The van der Waals surface area contributed by atoms with Crippen LogP contribution in [0.1, 0.15) is 33.3 Å². The third-order valence-electron chi connectivity index (χ3n) is 4.97. The van der Waals surface area contributed by atoms with Gasteiger partial charge in [0.1, 0.15) is 11.3 Å². The lowest BCUT2D eigenvalue weighted by Gasteiger charge is -2.17. The van der Waals surface area contributed by atoms with Crippen molar-refractivity contribution < 1.29 is 13.9 Å². The number of ether oxygens (including phenoxy) is 1. The lowest BCUT2D eigenvalue weighted by molar-refractivity contribution is -0.125. The molecule has 4 nitrogen and oxygen atoms in total. The van der Waals surface area contributed by atoms with E-state index in [9.17, 15) is 4.79 Å². The third-order valence-corrected chi connectivity index (χ3v) is 5.22. The maximum atomic E-state index is 12.6. The van der Waals surface area contributed by atoms with Crippen molar-refractivity contribution in [3.8, 4) is 16.9 Å². The van der Waals surface area contributed by atoms with Gasteiger partial charge in [-0.15, -0.1) is 0 Å². The Hall–Kier alpha value is -2.72. The standard InChI is InChI=1S/C24H26ClNO3/c1-5-26(6-2)24(27)12-16(4)19-13-20-21(17-8-10-18(25)11-9-17)15-29-23(20)14-22(19)28-7-3/h8-15H,5-7H2,1-4H3/b16-12+. The Kier molecular flexibility index (Phi) is 6.65. The summed E-state index contributed by atoms with van der Waals surface area (Å²) in [5.74, 6) is 0.707. The quantitative estimate of drug-likeness (QED) is 0.421. The zero-order valence-corrected chi connectivity index (χ0v) is 18.0. The first-order valence-electron chi connectivity index (χ1n) is 9.90. The molecule has 0 saturated carbocycles. The van der Waals surface area contributed by atoms with Gasteiger partial charge >= 0.3 is 0 Å². The van der Waals surface area contributed by atoms with Gasteiger partial charge in [0.2, 0.25) is 5.91 Å². The first-order valence-corrected chi connectivity index (χ1v) is 10.3. The topological polar surface area (TPSA) is 42.7 Å². The molecule has 0 N–H and O–H groups in total. The molecular formula is C24H26ClNO3. The zero-order valence-electron chi connectivity index (χ0n) is 17.3. The van der Waals surface area contributed by atoms with Crippen molar-refractivity contribution in [1.82, 2.24) is 4.90 Å². The molecule has 1 heterocycles. The van der Waals surface area contributed by atoms with Crippen LogP contribution in [0.25, 0.3) is 27.7 Å². The predicted octanol–water partition coefficient (Wildman–Crippen LogP) is 6.42. The molecule has 0 atom stereocenters. The van der Waals surface area contributed by atoms with Crippen LogP contribution in [-0.4, -0.2) is 30.5 Å². The number of nitrogens with zero attached hydrogens (tertiary/aromatic N) is 1. The number of allylic oxidation sites excluding steroid dienone is 1.